The van der Waals surface area contributed by atoms with Crippen LogP contribution in [0.25, 0.3) is 0 Å². The van der Waals surface area contributed by atoms with Crippen molar-refractivity contribution < 1.29 is 4.74 Å². The van der Waals surface area contributed by atoms with E-state index in [2.05, 4.69) is 82.9 Å². The van der Waals surface area contributed by atoms with Crippen molar-refractivity contribution in [1.29, 1.82) is 0 Å². The third-order valence-electron chi connectivity index (χ3n) is 5.18. The van der Waals surface area contributed by atoms with Gasteiger partial charge in [0.05, 0.1) is 19.3 Å². The lowest BCUT2D eigenvalue weighted by atomic mass is 10.0. The van der Waals surface area contributed by atoms with Crippen molar-refractivity contribution in [3.8, 4) is 0 Å². The van der Waals surface area contributed by atoms with Crippen molar-refractivity contribution in [1.82, 2.24) is 15.5 Å². The van der Waals surface area contributed by atoms with Crippen LogP contribution in [-0.4, -0.2) is 50.8 Å². The highest BCUT2D eigenvalue weighted by atomic mass is 16.5. The first-order valence-electron chi connectivity index (χ1n) is 10.0. The molecule has 0 spiro atoms. The summed E-state index contributed by atoms with van der Waals surface area (Å²) in [5, 5.41) is 6.95. The Morgan fingerprint density at radius 1 is 1.04 bits per heavy atom. The van der Waals surface area contributed by atoms with Crippen molar-refractivity contribution in [3.05, 3.63) is 70.8 Å². The van der Waals surface area contributed by atoms with Gasteiger partial charge >= 0.3 is 0 Å². The molecular formula is C23H32N4O. The fourth-order valence-corrected chi connectivity index (χ4v) is 3.56. The van der Waals surface area contributed by atoms with Gasteiger partial charge in [-0.2, -0.15) is 0 Å². The van der Waals surface area contributed by atoms with E-state index in [1.54, 1.807) is 0 Å². The second kappa shape index (κ2) is 10.2. The number of ether oxygens (including phenoxy) is 1. The van der Waals surface area contributed by atoms with Crippen LogP contribution < -0.4 is 10.6 Å². The molecule has 1 aliphatic heterocycles. The number of aliphatic imine (C=N–C) groups is 1. The summed E-state index contributed by atoms with van der Waals surface area (Å²) in [5.74, 6) is 0.826. The first kappa shape index (κ1) is 20.4. The topological polar surface area (TPSA) is 48.9 Å². The van der Waals surface area contributed by atoms with Gasteiger partial charge < -0.3 is 15.4 Å². The zero-order valence-corrected chi connectivity index (χ0v) is 17.2. The Labute approximate surface area is 168 Å². The van der Waals surface area contributed by atoms with Crippen LogP contribution in [0.2, 0.25) is 0 Å². The van der Waals surface area contributed by atoms with Gasteiger partial charge in [0.2, 0.25) is 0 Å². The Kier molecular flexibility index (Phi) is 7.46. The largest absolute Gasteiger partial charge is 0.379 e. The SMILES string of the molecule is CN=C(NCc1cccc(C)c1)NCC(c1ccc(C)cc1)N1CCOCC1. The Morgan fingerprint density at radius 3 is 2.46 bits per heavy atom. The maximum atomic E-state index is 5.55. The molecule has 0 aliphatic carbocycles. The summed E-state index contributed by atoms with van der Waals surface area (Å²) in [6.45, 7) is 9.30. The smallest absolute Gasteiger partial charge is 0.191 e. The molecule has 1 heterocycles. The van der Waals surface area contributed by atoms with E-state index >= 15 is 0 Å². The van der Waals surface area contributed by atoms with E-state index in [4.69, 9.17) is 4.74 Å². The van der Waals surface area contributed by atoms with Gasteiger partial charge in [0, 0.05) is 33.2 Å². The molecule has 2 aromatic rings. The molecule has 28 heavy (non-hydrogen) atoms. The van der Waals surface area contributed by atoms with Crippen LogP contribution in [-0.2, 0) is 11.3 Å². The lowest BCUT2D eigenvalue weighted by molar-refractivity contribution is 0.0170. The van der Waals surface area contributed by atoms with E-state index in [0.717, 1.165) is 45.4 Å². The Hall–Kier alpha value is -2.37. The number of aryl methyl sites for hydroxylation is 2. The van der Waals surface area contributed by atoms with Crippen molar-refractivity contribution in [2.75, 3.05) is 39.9 Å². The van der Waals surface area contributed by atoms with E-state index in [1.165, 1.54) is 22.3 Å². The lowest BCUT2D eigenvalue weighted by Gasteiger charge is -2.35. The number of morpholine rings is 1. The molecule has 1 atom stereocenters. The summed E-state index contributed by atoms with van der Waals surface area (Å²) in [7, 11) is 1.82. The molecule has 0 saturated carbocycles. The predicted molar refractivity (Wildman–Crippen MR) is 116 cm³/mol. The molecule has 1 aliphatic rings. The van der Waals surface area contributed by atoms with E-state index in [-0.39, 0.29) is 0 Å². The van der Waals surface area contributed by atoms with Gasteiger partial charge in [-0.25, -0.2) is 0 Å². The van der Waals surface area contributed by atoms with Crippen LogP contribution in [0.4, 0.5) is 0 Å². The van der Waals surface area contributed by atoms with Crippen LogP contribution in [0.3, 0.4) is 0 Å². The highest BCUT2D eigenvalue weighted by molar-refractivity contribution is 5.79. The summed E-state index contributed by atoms with van der Waals surface area (Å²) in [6, 6.07) is 17.7. The van der Waals surface area contributed by atoms with Crippen LogP contribution >= 0.6 is 0 Å². The summed E-state index contributed by atoms with van der Waals surface area (Å²) in [4.78, 5) is 6.90. The molecule has 5 heteroatoms. The second-order valence-electron chi connectivity index (χ2n) is 7.37. The lowest BCUT2D eigenvalue weighted by Crippen LogP contribution is -2.46. The zero-order chi connectivity index (χ0) is 19.8. The molecule has 1 saturated heterocycles. The summed E-state index contributed by atoms with van der Waals surface area (Å²) < 4.78 is 5.55. The number of rotatable bonds is 6. The Balaban J connectivity index is 1.63. The van der Waals surface area contributed by atoms with Crippen LogP contribution in [0, 0.1) is 13.8 Å². The van der Waals surface area contributed by atoms with Crippen LogP contribution in [0.5, 0.6) is 0 Å². The highest BCUT2D eigenvalue weighted by Gasteiger charge is 2.22. The molecule has 0 amide bonds. The second-order valence-corrected chi connectivity index (χ2v) is 7.37. The van der Waals surface area contributed by atoms with Crippen molar-refractivity contribution >= 4 is 5.96 Å². The maximum Gasteiger partial charge on any atom is 0.191 e. The van der Waals surface area contributed by atoms with Gasteiger partial charge in [0.25, 0.3) is 0 Å². The van der Waals surface area contributed by atoms with E-state index in [1.807, 2.05) is 7.05 Å². The van der Waals surface area contributed by atoms with Gasteiger partial charge in [0.15, 0.2) is 5.96 Å². The first-order valence-corrected chi connectivity index (χ1v) is 10.0. The standard InChI is InChI=1S/C23H32N4O/c1-18-7-9-21(10-8-18)22(27-11-13-28-14-12-27)17-26-23(24-3)25-16-20-6-4-5-19(2)15-20/h4-10,15,22H,11-14,16-17H2,1-3H3,(H2,24,25,26). The normalized spacial score (nSPS) is 16.6. The van der Waals surface area contributed by atoms with Crippen molar-refractivity contribution in [3.63, 3.8) is 0 Å². The number of nitrogens with one attached hydrogen (secondary N) is 2. The Bertz CT molecular complexity index is 766. The monoisotopic (exact) mass is 380 g/mol. The molecule has 3 rings (SSSR count). The minimum atomic E-state index is 0.294. The number of nitrogens with zero attached hydrogens (tertiary/aromatic N) is 2. The molecule has 1 unspecified atom stereocenters. The number of hydrogen-bond donors (Lipinski definition) is 2. The molecule has 0 aromatic heterocycles. The fraction of sp³-hybridized carbons (Fsp3) is 0.435. The van der Waals surface area contributed by atoms with Crippen molar-refractivity contribution in [2.24, 2.45) is 4.99 Å². The predicted octanol–water partition coefficient (Wildman–Crippen LogP) is 3.04. The fourth-order valence-electron chi connectivity index (χ4n) is 3.56. The number of benzene rings is 2. The third-order valence-corrected chi connectivity index (χ3v) is 5.18. The minimum Gasteiger partial charge on any atom is -0.379 e. The zero-order valence-electron chi connectivity index (χ0n) is 17.2. The minimum absolute atomic E-state index is 0.294. The number of guanidine groups is 1. The molecule has 5 nitrogen and oxygen atoms in total. The first-order chi connectivity index (χ1) is 13.7. The Morgan fingerprint density at radius 2 is 1.79 bits per heavy atom. The van der Waals surface area contributed by atoms with Gasteiger partial charge in [-0.15, -0.1) is 0 Å². The van der Waals surface area contributed by atoms with Gasteiger partial charge in [-0.05, 0) is 25.0 Å². The van der Waals surface area contributed by atoms with Gasteiger partial charge in [-0.3, -0.25) is 9.89 Å². The number of hydrogen-bond acceptors (Lipinski definition) is 3. The summed E-state index contributed by atoms with van der Waals surface area (Å²) >= 11 is 0. The summed E-state index contributed by atoms with van der Waals surface area (Å²) in [5.41, 5.74) is 5.14. The van der Waals surface area contributed by atoms with Gasteiger partial charge in [-0.1, -0.05) is 59.7 Å². The quantitative estimate of drug-likeness (QED) is 0.597. The molecule has 0 bridgehead atoms. The molecule has 1 fully saturated rings. The molecule has 150 valence electrons. The highest BCUT2D eigenvalue weighted by Crippen LogP contribution is 2.21. The average molecular weight is 381 g/mol. The van der Waals surface area contributed by atoms with Crippen LogP contribution in [0.1, 0.15) is 28.3 Å². The van der Waals surface area contributed by atoms with E-state index < -0.39 is 0 Å². The van der Waals surface area contributed by atoms with Crippen molar-refractivity contribution in [2.45, 2.75) is 26.4 Å². The molecular weight excluding hydrogens is 348 g/mol. The molecule has 2 aromatic carbocycles. The maximum absolute atomic E-state index is 5.55. The third kappa shape index (κ3) is 5.81. The van der Waals surface area contributed by atoms with Crippen LogP contribution in [0.15, 0.2) is 53.5 Å². The molecule has 2 N–H and O–H groups in total. The van der Waals surface area contributed by atoms with E-state index in [9.17, 15) is 0 Å². The summed E-state index contributed by atoms with van der Waals surface area (Å²) in [6.07, 6.45) is 0. The van der Waals surface area contributed by atoms with E-state index in [0.29, 0.717) is 6.04 Å². The average Bonchev–Trinajstić information content (AvgIpc) is 2.72. The molecule has 0 radical (unpaired) electrons. The van der Waals surface area contributed by atoms with Gasteiger partial charge in [0.1, 0.15) is 0 Å².